The number of hydrogen-bond donors (Lipinski definition) is 1. The number of nitrogens with zero attached hydrogens (tertiary/aromatic N) is 3. The Morgan fingerprint density at radius 2 is 1.49 bits per heavy atom. The van der Waals surface area contributed by atoms with Gasteiger partial charge in [0.05, 0.1) is 24.1 Å². The molecule has 0 unspecified atom stereocenters. The van der Waals surface area contributed by atoms with E-state index >= 15 is 0 Å². The molecule has 0 aliphatic heterocycles. The summed E-state index contributed by atoms with van der Waals surface area (Å²) in [4.78, 5) is 24.2. The van der Waals surface area contributed by atoms with Crippen molar-refractivity contribution in [2.24, 2.45) is 5.92 Å². The highest BCUT2D eigenvalue weighted by atomic mass is 16.2. The van der Waals surface area contributed by atoms with Gasteiger partial charge >= 0.3 is 0 Å². The zero-order valence-corrected chi connectivity index (χ0v) is 24.3. The third-order valence-corrected chi connectivity index (χ3v) is 8.16. The summed E-state index contributed by atoms with van der Waals surface area (Å²) >= 11 is 0. The Bertz CT molecular complexity index is 1350. The molecule has 0 atom stereocenters. The largest absolute Gasteiger partial charge is 0.332 e. The van der Waals surface area contributed by atoms with E-state index in [1.165, 1.54) is 47.9 Å². The fourth-order valence-corrected chi connectivity index (χ4v) is 5.66. The third kappa shape index (κ3) is 8.83. The van der Waals surface area contributed by atoms with Crippen LogP contribution in [0.5, 0.6) is 0 Å². The normalized spacial score (nSPS) is 13.4. The van der Waals surface area contributed by atoms with E-state index in [1.807, 2.05) is 11.8 Å². The Balaban J connectivity index is 1.16. The SMILES string of the molecule is Cc1cnc(CN(Cc2ccc(-c3ccc(CNCCc4ccccc4)cc3)cc2)C(=O)CCC2CCCC2)cn1. The summed E-state index contributed by atoms with van der Waals surface area (Å²) in [5.41, 5.74) is 7.86. The quantitative estimate of drug-likeness (QED) is 0.179. The van der Waals surface area contributed by atoms with Gasteiger partial charge in [0.15, 0.2) is 0 Å². The molecule has 1 N–H and O–H groups in total. The number of carbonyl (C=O) groups excluding carboxylic acids is 1. The average molecular weight is 547 g/mol. The number of rotatable bonds is 13. The summed E-state index contributed by atoms with van der Waals surface area (Å²) in [6.07, 6.45) is 11.4. The number of benzene rings is 3. The number of amides is 1. The summed E-state index contributed by atoms with van der Waals surface area (Å²) in [6, 6.07) is 28.0. The number of carbonyl (C=O) groups is 1. The van der Waals surface area contributed by atoms with Crippen LogP contribution < -0.4 is 5.32 Å². The van der Waals surface area contributed by atoms with Crippen molar-refractivity contribution in [1.29, 1.82) is 0 Å². The Morgan fingerprint density at radius 3 is 2.15 bits per heavy atom. The minimum Gasteiger partial charge on any atom is -0.332 e. The second-order valence-electron chi connectivity index (χ2n) is 11.4. The van der Waals surface area contributed by atoms with Crippen LogP contribution in [0.15, 0.2) is 91.3 Å². The van der Waals surface area contributed by atoms with Crippen LogP contribution in [-0.2, 0) is 30.8 Å². The summed E-state index contributed by atoms with van der Waals surface area (Å²) in [5, 5.41) is 3.55. The monoisotopic (exact) mass is 546 g/mol. The predicted octanol–water partition coefficient (Wildman–Crippen LogP) is 7.28. The maximum atomic E-state index is 13.3. The highest BCUT2D eigenvalue weighted by Crippen LogP contribution is 2.29. The van der Waals surface area contributed by atoms with Crippen LogP contribution in [0.4, 0.5) is 0 Å². The van der Waals surface area contributed by atoms with Gasteiger partial charge in [0.2, 0.25) is 5.91 Å². The molecule has 1 aliphatic rings. The molecule has 5 rings (SSSR count). The molecule has 0 spiro atoms. The zero-order valence-electron chi connectivity index (χ0n) is 24.3. The topological polar surface area (TPSA) is 58.1 Å². The number of aryl methyl sites for hydroxylation is 1. The molecule has 1 aliphatic carbocycles. The van der Waals surface area contributed by atoms with Gasteiger partial charge in [0.25, 0.3) is 0 Å². The first-order valence-corrected chi connectivity index (χ1v) is 15.1. The summed E-state index contributed by atoms with van der Waals surface area (Å²) in [7, 11) is 0. The molecular formula is C36H42N4O. The molecule has 0 bridgehead atoms. The van der Waals surface area contributed by atoms with E-state index < -0.39 is 0 Å². The van der Waals surface area contributed by atoms with Crippen molar-refractivity contribution < 1.29 is 4.79 Å². The minimum atomic E-state index is 0.205. The van der Waals surface area contributed by atoms with Gasteiger partial charge in [-0.2, -0.15) is 0 Å². The van der Waals surface area contributed by atoms with Gasteiger partial charge in [-0.3, -0.25) is 14.8 Å². The Labute approximate surface area is 245 Å². The number of aromatic nitrogens is 2. The molecule has 0 saturated heterocycles. The van der Waals surface area contributed by atoms with Crippen LogP contribution in [0, 0.1) is 12.8 Å². The van der Waals surface area contributed by atoms with Crippen molar-refractivity contribution in [2.75, 3.05) is 6.54 Å². The second-order valence-corrected chi connectivity index (χ2v) is 11.4. The van der Waals surface area contributed by atoms with Crippen LogP contribution in [0.3, 0.4) is 0 Å². The average Bonchev–Trinajstić information content (AvgIpc) is 3.54. The van der Waals surface area contributed by atoms with Gasteiger partial charge in [-0.05, 0) is 60.0 Å². The molecule has 5 nitrogen and oxygen atoms in total. The van der Waals surface area contributed by atoms with E-state index in [9.17, 15) is 4.79 Å². The van der Waals surface area contributed by atoms with Crippen molar-refractivity contribution >= 4 is 5.91 Å². The van der Waals surface area contributed by atoms with Gasteiger partial charge in [0, 0.05) is 25.7 Å². The van der Waals surface area contributed by atoms with E-state index in [2.05, 4.69) is 94.1 Å². The van der Waals surface area contributed by atoms with Crippen LogP contribution in [-0.4, -0.2) is 27.3 Å². The molecule has 0 radical (unpaired) electrons. The van der Waals surface area contributed by atoms with Crippen LogP contribution in [0.1, 0.15) is 66.6 Å². The van der Waals surface area contributed by atoms with E-state index in [0.717, 1.165) is 42.9 Å². The van der Waals surface area contributed by atoms with Crippen LogP contribution in [0.25, 0.3) is 11.1 Å². The van der Waals surface area contributed by atoms with E-state index in [0.29, 0.717) is 25.4 Å². The minimum absolute atomic E-state index is 0.205. The summed E-state index contributed by atoms with van der Waals surface area (Å²) in [5.74, 6) is 0.909. The van der Waals surface area contributed by atoms with Crippen molar-refractivity contribution in [3.8, 4) is 11.1 Å². The molecule has 3 aromatic carbocycles. The van der Waals surface area contributed by atoms with Crippen LogP contribution >= 0.6 is 0 Å². The van der Waals surface area contributed by atoms with Gasteiger partial charge < -0.3 is 10.2 Å². The maximum Gasteiger partial charge on any atom is 0.223 e. The first-order chi connectivity index (χ1) is 20.1. The molecular weight excluding hydrogens is 504 g/mol. The van der Waals surface area contributed by atoms with Gasteiger partial charge in [0.1, 0.15) is 0 Å². The standard InChI is InChI=1S/C36H42N4O/c1-28-23-39-35(25-38-28)27-40(36(41)20-15-29-9-5-6-10-29)26-32-13-18-34(19-14-32)33-16-11-31(12-17-33)24-37-22-21-30-7-3-2-4-8-30/h2-4,7-8,11-14,16-19,23,25,29,37H,5-6,9-10,15,20-22,24,26-27H2,1H3. The van der Waals surface area contributed by atoms with Gasteiger partial charge in [-0.15, -0.1) is 0 Å². The smallest absolute Gasteiger partial charge is 0.223 e. The molecule has 212 valence electrons. The van der Waals surface area contributed by atoms with E-state index in [-0.39, 0.29) is 5.91 Å². The maximum absolute atomic E-state index is 13.3. The lowest BCUT2D eigenvalue weighted by Crippen LogP contribution is -2.30. The Morgan fingerprint density at radius 1 is 0.805 bits per heavy atom. The lowest BCUT2D eigenvalue weighted by atomic mass is 10.0. The lowest BCUT2D eigenvalue weighted by molar-refractivity contribution is -0.132. The molecule has 4 aromatic rings. The molecule has 41 heavy (non-hydrogen) atoms. The van der Waals surface area contributed by atoms with Crippen LogP contribution in [0.2, 0.25) is 0 Å². The molecule has 1 heterocycles. The van der Waals surface area contributed by atoms with Crippen molar-refractivity contribution in [1.82, 2.24) is 20.2 Å². The second kappa shape index (κ2) is 14.7. The molecule has 5 heteroatoms. The fraction of sp³-hybridized carbons (Fsp3) is 0.361. The molecule has 1 aromatic heterocycles. The Kier molecular flexibility index (Phi) is 10.3. The predicted molar refractivity (Wildman–Crippen MR) is 166 cm³/mol. The van der Waals surface area contributed by atoms with Crippen molar-refractivity contribution in [2.45, 2.75) is 71.5 Å². The zero-order chi connectivity index (χ0) is 28.3. The Hall–Kier alpha value is -3.83. The lowest BCUT2D eigenvalue weighted by Gasteiger charge is -2.23. The highest BCUT2D eigenvalue weighted by molar-refractivity contribution is 5.76. The van der Waals surface area contributed by atoms with Crippen molar-refractivity contribution in [3.05, 3.63) is 119 Å². The van der Waals surface area contributed by atoms with Crippen molar-refractivity contribution in [3.63, 3.8) is 0 Å². The van der Waals surface area contributed by atoms with Gasteiger partial charge in [-0.25, -0.2) is 0 Å². The first-order valence-electron chi connectivity index (χ1n) is 15.1. The fourth-order valence-electron chi connectivity index (χ4n) is 5.66. The highest BCUT2D eigenvalue weighted by Gasteiger charge is 2.20. The number of nitrogens with one attached hydrogen (secondary N) is 1. The van der Waals surface area contributed by atoms with E-state index in [4.69, 9.17) is 0 Å². The molecule has 1 amide bonds. The first kappa shape index (κ1) is 28.7. The number of hydrogen-bond acceptors (Lipinski definition) is 4. The van der Waals surface area contributed by atoms with Gasteiger partial charge in [-0.1, -0.05) is 105 Å². The summed E-state index contributed by atoms with van der Waals surface area (Å²) < 4.78 is 0. The molecule has 1 fully saturated rings. The summed E-state index contributed by atoms with van der Waals surface area (Å²) in [6.45, 7) is 4.82. The van der Waals surface area contributed by atoms with E-state index in [1.54, 1.807) is 12.4 Å². The molecule has 1 saturated carbocycles. The third-order valence-electron chi connectivity index (χ3n) is 8.16.